The molecule has 2 nitrogen and oxygen atoms in total. The van der Waals surface area contributed by atoms with Crippen LogP contribution in [0.3, 0.4) is 0 Å². The van der Waals surface area contributed by atoms with Gasteiger partial charge in [0.05, 0.1) is 6.04 Å². The maximum absolute atomic E-state index is 12.9. The highest BCUT2D eigenvalue weighted by Gasteiger charge is 2.37. The summed E-state index contributed by atoms with van der Waals surface area (Å²) in [6.45, 7) is 0. The number of hydrogen-bond donors (Lipinski definition) is 0. The smallest absolute Gasteiger partial charge is 0.259 e. The first kappa shape index (κ1) is 13.8. The Labute approximate surface area is 136 Å². The van der Waals surface area contributed by atoms with Crippen molar-refractivity contribution in [3.8, 4) is 0 Å². The predicted molar refractivity (Wildman–Crippen MR) is 92.6 cm³/mol. The molecule has 23 heavy (non-hydrogen) atoms. The van der Waals surface area contributed by atoms with Crippen LogP contribution >= 0.6 is 0 Å². The van der Waals surface area contributed by atoms with Crippen molar-refractivity contribution in [3.63, 3.8) is 0 Å². The van der Waals surface area contributed by atoms with E-state index in [1.807, 2.05) is 71.6 Å². The van der Waals surface area contributed by atoms with Crippen LogP contribution in [0.4, 0.5) is 5.69 Å². The summed E-state index contributed by atoms with van der Waals surface area (Å²) in [6.07, 6.45) is 0.818. The zero-order chi connectivity index (χ0) is 15.6. The van der Waals surface area contributed by atoms with E-state index in [0.29, 0.717) is 0 Å². The first-order chi connectivity index (χ1) is 11.3. The predicted octanol–water partition coefficient (Wildman–Crippen LogP) is 4.63. The maximum atomic E-state index is 12.9. The van der Waals surface area contributed by atoms with Crippen LogP contribution in [0, 0.1) is 0 Å². The third-order valence-corrected chi connectivity index (χ3v) is 4.39. The van der Waals surface area contributed by atoms with Crippen LogP contribution in [-0.4, -0.2) is 5.91 Å². The second-order valence-electron chi connectivity index (χ2n) is 5.80. The molecule has 3 aromatic rings. The van der Waals surface area contributed by atoms with Gasteiger partial charge in [0.1, 0.15) is 0 Å². The van der Waals surface area contributed by atoms with E-state index in [-0.39, 0.29) is 11.9 Å². The summed E-state index contributed by atoms with van der Waals surface area (Å²) in [5, 5.41) is 0. The van der Waals surface area contributed by atoms with Crippen molar-refractivity contribution in [3.05, 3.63) is 102 Å². The average molecular weight is 299 g/mol. The molecule has 2 heteroatoms. The Morgan fingerprint density at radius 3 is 2.09 bits per heavy atom. The molecular weight excluding hydrogens is 282 g/mol. The van der Waals surface area contributed by atoms with Gasteiger partial charge in [-0.25, -0.2) is 0 Å². The molecule has 4 rings (SSSR count). The Hall–Kier alpha value is -2.87. The number of benzene rings is 3. The standard InChI is InChI=1S/C21H17NO/c23-21-19-14-8-7-13-18(19)20(15-16-9-3-1-4-10-16)22(21)17-11-5-2-6-12-17/h1-14,20H,15H2. The number of carbonyl (C=O) groups excluding carboxylic acids is 1. The van der Waals surface area contributed by atoms with Gasteiger partial charge in [-0.05, 0) is 35.7 Å². The Morgan fingerprint density at radius 1 is 0.739 bits per heavy atom. The molecule has 0 fully saturated rings. The highest BCUT2D eigenvalue weighted by atomic mass is 16.2. The van der Waals surface area contributed by atoms with Gasteiger partial charge in [-0.1, -0.05) is 66.7 Å². The lowest BCUT2D eigenvalue weighted by Crippen LogP contribution is -2.28. The molecule has 0 spiro atoms. The Kier molecular flexibility index (Phi) is 3.43. The summed E-state index contributed by atoms with van der Waals surface area (Å²) in [7, 11) is 0. The zero-order valence-electron chi connectivity index (χ0n) is 12.7. The molecule has 1 heterocycles. The lowest BCUT2D eigenvalue weighted by Gasteiger charge is -2.25. The molecule has 0 aromatic heterocycles. The van der Waals surface area contributed by atoms with Gasteiger partial charge in [0.15, 0.2) is 0 Å². The topological polar surface area (TPSA) is 20.3 Å². The minimum absolute atomic E-state index is 0.0449. The summed E-state index contributed by atoms with van der Waals surface area (Å²) in [5.41, 5.74) is 4.13. The first-order valence-electron chi connectivity index (χ1n) is 7.86. The Bertz CT molecular complexity index is 827. The molecule has 0 aliphatic carbocycles. The van der Waals surface area contributed by atoms with Gasteiger partial charge in [-0.2, -0.15) is 0 Å². The summed E-state index contributed by atoms with van der Waals surface area (Å²) in [4.78, 5) is 14.9. The lowest BCUT2D eigenvalue weighted by atomic mass is 9.98. The van der Waals surface area contributed by atoms with Crippen LogP contribution < -0.4 is 4.90 Å². The fourth-order valence-electron chi connectivity index (χ4n) is 3.32. The molecule has 112 valence electrons. The minimum atomic E-state index is 0.0449. The summed E-state index contributed by atoms with van der Waals surface area (Å²) >= 11 is 0. The van der Waals surface area contributed by atoms with Crippen LogP contribution in [0.15, 0.2) is 84.9 Å². The van der Waals surface area contributed by atoms with Crippen LogP contribution in [-0.2, 0) is 6.42 Å². The van der Waals surface area contributed by atoms with Crippen molar-refractivity contribution in [1.82, 2.24) is 0 Å². The van der Waals surface area contributed by atoms with Gasteiger partial charge in [0.2, 0.25) is 0 Å². The zero-order valence-corrected chi connectivity index (χ0v) is 12.7. The van der Waals surface area contributed by atoms with E-state index < -0.39 is 0 Å². The largest absolute Gasteiger partial charge is 0.301 e. The van der Waals surface area contributed by atoms with Crippen LogP contribution in [0.1, 0.15) is 27.5 Å². The van der Waals surface area contributed by atoms with Gasteiger partial charge >= 0.3 is 0 Å². The van der Waals surface area contributed by atoms with Crippen molar-refractivity contribution in [2.24, 2.45) is 0 Å². The first-order valence-corrected chi connectivity index (χ1v) is 7.86. The van der Waals surface area contributed by atoms with Crippen molar-refractivity contribution >= 4 is 11.6 Å². The third kappa shape index (κ3) is 2.42. The normalized spacial score (nSPS) is 16.4. The second kappa shape index (κ2) is 5.73. The van der Waals surface area contributed by atoms with Gasteiger partial charge in [0, 0.05) is 11.3 Å². The highest BCUT2D eigenvalue weighted by Crippen LogP contribution is 2.39. The van der Waals surface area contributed by atoms with Crippen LogP contribution in [0.5, 0.6) is 0 Å². The fourth-order valence-corrected chi connectivity index (χ4v) is 3.32. The average Bonchev–Trinajstić information content (AvgIpc) is 2.89. The molecule has 0 radical (unpaired) electrons. The van der Waals surface area contributed by atoms with Gasteiger partial charge in [-0.15, -0.1) is 0 Å². The quantitative estimate of drug-likeness (QED) is 0.690. The molecule has 0 N–H and O–H groups in total. The number of nitrogens with zero attached hydrogens (tertiary/aromatic N) is 1. The molecule has 1 amide bonds. The minimum Gasteiger partial charge on any atom is -0.301 e. The number of amides is 1. The lowest BCUT2D eigenvalue weighted by molar-refractivity contribution is 0.0991. The number of rotatable bonds is 3. The van der Waals surface area contributed by atoms with Crippen molar-refractivity contribution in [2.75, 3.05) is 4.90 Å². The van der Waals surface area contributed by atoms with E-state index in [4.69, 9.17) is 0 Å². The van der Waals surface area contributed by atoms with E-state index in [2.05, 4.69) is 18.2 Å². The van der Waals surface area contributed by atoms with E-state index in [0.717, 1.165) is 23.2 Å². The van der Waals surface area contributed by atoms with E-state index >= 15 is 0 Å². The number of hydrogen-bond acceptors (Lipinski definition) is 1. The fraction of sp³-hybridized carbons (Fsp3) is 0.0952. The number of carbonyl (C=O) groups is 1. The third-order valence-electron chi connectivity index (χ3n) is 4.39. The van der Waals surface area contributed by atoms with E-state index in [1.165, 1.54) is 5.56 Å². The van der Waals surface area contributed by atoms with E-state index in [9.17, 15) is 4.79 Å². The molecule has 1 unspecified atom stereocenters. The molecule has 1 aliphatic rings. The second-order valence-corrected chi connectivity index (χ2v) is 5.80. The molecule has 1 atom stereocenters. The van der Waals surface area contributed by atoms with Gasteiger partial charge < -0.3 is 4.90 Å². The van der Waals surface area contributed by atoms with Gasteiger partial charge in [0.25, 0.3) is 5.91 Å². The number of para-hydroxylation sites is 1. The highest BCUT2D eigenvalue weighted by molar-refractivity contribution is 6.11. The summed E-state index contributed by atoms with van der Waals surface area (Å²) < 4.78 is 0. The van der Waals surface area contributed by atoms with Crippen LogP contribution in [0.25, 0.3) is 0 Å². The molecule has 3 aromatic carbocycles. The Morgan fingerprint density at radius 2 is 1.35 bits per heavy atom. The maximum Gasteiger partial charge on any atom is 0.259 e. The molecular formula is C21H17NO. The van der Waals surface area contributed by atoms with E-state index in [1.54, 1.807) is 0 Å². The number of fused-ring (bicyclic) bond motifs is 1. The van der Waals surface area contributed by atoms with Crippen molar-refractivity contribution < 1.29 is 4.79 Å². The SMILES string of the molecule is O=C1c2ccccc2C(Cc2ccccc2)N1c1ccccc1. The van der Waals surface area contributed by atoms with Gasteiger partial charge in [-0.3, -0.25) is 4.79 Å². The Balaban J connectivity index is 1.79. The van der Waals surface area contributed by atoms with Crippen LogP contribution in [0.2, 0.25) is 0 Å². The molecule has 0 saturated carbocycles. The van der Waals surface area contributed by atoms with Crippen molar-refractivity contribution in [2.45, 2.75) is 12.5 Å². The monoisotopic (exact) mass is 299 g/mol. The number of anilines is 1. The van der Waals surface area contributed by atoms with Crippen molar-refractivity contribution in [1.29, 1.82) is 0 Å². The molecule has 1 aliphatic heterocycles. The summed E-state index contributed by atoms with van der Waals surface area (Å²) in [5.74, 6) is 0.0905. The molecule has 0 saturated heterocycles. The summed E-state index contributed by atoms with van der Waals surface area (Å²) in [6, 6.07) is 28.3. The molecule has 0 bridgehead atoms.